The van der Waals surface area contributed by atoms with E-state index in [1.807, 2.05) is 28.7 Å². The van der Waals surface area contributed by atoms with Gasteiger partial charge in [-0.1, -0.05) is 23.6 Å². The van der Waals surface area contributed by atoms with Gasteiger partial charge < -0.3 is 0 Å². The number of halogens is 1. The smallest absolute Gasteiger partial charge is 0.167 e. The van der Waals surface area contributed by atoms with Gasteiger partial charge in [-0.25, -0.2) is 0 Å². The molecule has 1 nitrogen and oxygen atoms in total. The Labute approximate surface area is 79.7 Å². The highest BCUT2D eigenvalue weighted by Crippen LogP contribution is 2.11. The number of Topliss-reactive ketones (excluding diaryl/α,β-unsaturated/α-hetero) is 1. The van der Waals surface area contributed by atoms with E-state index in [4.69, 9.17) is 0 Å². The van der Waals surface area contributed by atoms with Crippen LogP contribution in [0.1, 0.15) is 12.8 Å². The lowest BCUT2D eigenvalue weighted by Crippen LogP contribution is -1.99. The fourth-order valence-electron chi connectivity index (χ4n) is 0.837. The average molecular weight is 257 g/mol. The zero-order valence-corrected chi connectivity index (χ0v) is 8.01. The first-order valence-electron chi connectivity index (χ1n) is 3.22. The van der Waals surface area contributed by atoms with Crippen molar-refractivity contribution < 1.29 is 4.79 Å². The monoisotopic (exact) mass is 257 g/mol. The first kappa shape index (κ1) is 8.54. The van der Waals surface area contributed by atoms with Gasteiger partial charge in [-0.15, -0.1) is 0 Å². The summed E-state index contributed by atoms with van der Waals surface area (Å²) in [7, 11) is 0. The highest BCUT2D eigenvalue weighted by molar-refractivity contribution is 14.1. The van der Waals surface area contributed by atoms with Crippen LogP contribution in [-0.4, -0.2) is 5.78 Å². The summed E-state index contributed by atoms with van der Waals surface area (Å²) in [6.45, 7) is 0. The molecule has 0 aliphatic heterocycles. The molecule has 0 saturated heterocycles. The maximum Gasteiger partial charge on any atom is 0.167 e. The molecule has 0 bridgehead atoms. The lowest BCUT2D eigenvalue weighted by Gasteiger charge is -2.01. The molecule has 1 aliphatic rings. The first-order chi connectivity index (χ1) is 5.33. The lowest BCUT2D eigenvalue weighted by atomic mass is 10.0. The van der Waals surface area contributed by atoms with Gasteiger partial charge >= 0.3 is 0 Å². The molecular formula is C9H6IO. The Kier molecular flexibility index (Phi) is 3.37. The Balaban J connectivity index is 2.57. The highest BCUT2D eigenvalue weighted by Gasteiger charge is 2.04. The van der Waals surface area contributed by atoms with Crippen LogP contribution >= 0.6 is 22.6 Å². The number of allylic oxidation sites excluding steroid dienone is 4. The van der Waals surface area contributed by atoms with E-state index in [9.17, 15) is 4.79 Å². The van der Waals surface area contributed by atoms with Crippen LogP contribution in [0.15, 0.2) is 17.7 Å². The number of ketones is 1. The zero-order valence-electron chi connectivity index (χ0n) is 5.86. The molecule has 0 amide bonds. The highest BCUT2D eigenvalue weighted by atomic mass is 127. The van der Waals surface area contributed by atoms with Crippen LogP contribution in [0, 0.1) is 15.9 Å². The summed E-state index contributed by atoms with van der Waals surface area (Å²) in [5.41, 5.74) is 1.08. The Bertz CT molecular complexity index is 276. The average Bonchev–Trinajstić information content (AvgIpc) is 2.01. The van der Waals surface area contributed by atoms with Gasteiger partial charge in [0, 0.05) is 41.5 Å². The number of hydrogen-bond donors (Lipinski definition) is 0. The Morgan fingerprint density at radius 2 is 2.55 bits per heavy atom. The van der Waals surface area contributed by atoms with Crippen molar-refractivity contribution in [3.63, 3.8) is 0 Å². The van der Waals surface area contributed by atoms with Crippen molar-refractivity contribution in [3.8, 4) is 9.85 Å². The molecule has 2 heteroatoms. The van der Waals surface area contributed by atoms with Gasteiger partial charge in [-0.05, 0) is 3.93 Å². The maximum atomic E-state index is 10.8. The Morgan fingerprint density at radius 3 is 3.18 bits per heavy atom. The third-order valence-electron chi connectivity index (χ3n) is 1.33. The van der Waals surface area contributed by atoms with Crippen molar-refractivity contribution in [2.75, 3.05) is 0 Å². The van der Waals surface area contributed by atoms with E-state index in [2.05, 4.69) is 15.9 Å². The van der Waals surface area contributed by atoms with Crippen molar-refractivity contribution in [3.05, 3.63) is 23.8 Å². The molecule has 0 heterocycles. The normalized spacial score (nSPS) is 15.4. The van der Waals surface area contributed by atoms with E-state index in [1.54, 1.807) is 6.08 Å². The molecule has 1 rings (SSSR count). The molecule has 1 aliphatic carbocycles. The van der Waals surface area contributed by atoms with E-state index in [1.165, 1.54) is 0 Å². The van der Waals surface area contributed by atoms with Gasteiger partial charge in [0.15, 0.2) is 5.78 Å². The molecule has 0 aromatic carbocycles. The van der Waals surface area contributed by atoms with Gasteiger partial charge in [-0.2, -0.15) is 0 Å². The number of carbonyl (C=O) groups is 1. The first-order valence-corrected chi connectivity index (χ1v) is 4.30. The minimum absolute atomic E-state index is 0.0535. The molecule has 0 spiro atoms. The summed E-state index contributed by atoms with van der Waals surface area (Å²) >= 11 is 1.99. The van der Waals surface area contributed by atoms with Crippen LogP contribution in [0.4, 0.5) is 0 Å². The van der Waals surface area contributed by atoms with Crippen LogP contribution in [0.25, 0.3) is 0 Å². The molecule has 0 atom stereocenters. The van der Waals surface area contributed by atoms with Crippen LogP contribution < -0.4 is 0 Å². The van der Waals surface area contributed by atoms with Gasteiger partial charge in [0.1, 0.15) is 0 Å². The summed E-state index contributed by atoms with van der Waals surface area (Å²) in [5, 5.41) is 0. The van der Waals surface area contributed by atoms with E-state index in [0.717, 1.165) is 5.57 Å². The molecule has 0 unspecified atom stereocenters. The van der Waals surface area contributed by atoms with Crippen molar-refractivity contribution in [1.82, 2.24) is 0 Å². The summed E-state index contributed by atoms with van der Waals surface area (Å²) in [6.07, 6.45) is 7.36. The molecule has 0 saturated carbocycles. The predicted molar refractivity (Wildman–Crippen MR) is 51.9 cm³/mol. The van der Waals surface area contributed by atoms with Crippen molar-refractivity contribution >= 4 is 28.4 Å². The zero-order chi connectivity index (χ0) is 8.10. The molecule has 55 valence electrons. The van der Waals surface area contributed by atoms with Crippen molar-refractivity contribution in [2.45, 2.75) is 12.8 Å². The second-order valence-corrected chi connectivity index (χ2v) is 2.72. The maximum absolute atomic E-state index is 10.8. The fourth-order valence-corrected chi connectivity index (χ4v) is 1.03. The molecule has 1 radical (unpaired) electrons. The van der Waals surface area contributed by atoms with Crippen LogP contribution in [0.5, 0.6) is 0 Å². The lowest BCUT2D eigenvalue weighted by molar-refractivity contribution is -0.114. The standard InChI is InChI=1S/C9H6IO/c10-6-2-4-8-3-1-5-9(11)7-8/h1,3H,4,7H2. The molecular weight excluding hydrogens is 251 g/mol. The van der Waals surface area contributed by atoms with Gasteiger partial charge in [-0.3, -0.25) is 4.79 Å². The minimum atomic E-state index is 0.0535. The fraction of sp³-hybridized carbons (Fsp3) is 0.222. The van der Waals surface area contributed by atoms with Crippen molar-refractivity contribution in [2.24, 2.45) is 0 Å². The summed E-state index contributed by atoms with van der Waals surface area (Å²) in [4.78, 5) is 10.8. The third kappa shape index (κ3) is 2.89. The number of carbonyl (C=O) groups excluding carboxylic acids is 1. The molecule has 0 N–H and O–H groups in total. The Hall–Kier alpha value is -0.560. The topological polar surface area (TPSA) is 17.1 Å². The molecule has 0 aromatic rings. The Morgan fingerprint density at radius 1 is 1.73 bits per heavy atom. The minimum Gasteiger partial charge on any atom is -0.294 e. The molecule has 0 aromatic heterocycles. The second-order valence-electron chi connectivity index (χ2n) is 2.18. The largest absolute Gasteiger partial charge is 0.294 e. The van der Waals surface area contributed by atoms with Gasteiger partial charge in [0.25, 0.3) is 0 Å². The van der Waals surface area contributed by atoms with Gasteiger partial charge in [0.2, 0.25) is 0 Å². The van der Waals surface area contributed by atoms with E-state index in [0.29, 0.717) is 12.8 Å². The predicted octanol–water partition coefficient (Wildman–Crippen LogP) is 2.03. The second kappa shape index (κ2) is 4.35. The quantitative estimate of drug-likeness (QED) is 0.519. The number of rotatable bonds is 1. The summed E-state index contributed by atoms with van der Waals surface area (Å²) in [6, 6.07) is 0. The number of hydrogen-bond acceptors (Lipinski definition) is 1. The summed E-state index contributed by atoms with van der Waals surface area (Å²) < 4.78 is 2.76. The van der Waals surface area contributed by atoms with E-state index < -0.39 is 0 Å². The van der Waals surface area contributed by atoms with Crippen LogP contribution in [-0.2, 0) is 4.79 Å². The van der Waals surface area contributed by atoms with E-state index in [-0.39, 0.29) is 5.78 Å². The SMILES string of the molecule is O=C1[C]=CC=C(CC#CI)C1. The van der Waals surface area contributed by atoms with Crippen LogP contribution in [0.3, 0.4) is 0 Å². The van der Waals surface area contributed by atoms with Crippen LogP contribution in [0.2, 0.25) is 0 Å². The van der Waals surface area contributed by atoms with Crippen molar-refractivity contribution in [1.29, 1.82) is 0 Å². The molecule has 11 heavy (non-hydrogen) atoms. The van der Waals surface area contributed by atoms with Gasteiger partial charge in [0.05, 0.1) is 0 Å². The summed E-state index contributed by atoms with van der Waals surface area (Å²) in [5.74, 6) is 2.96. The third-order valence-corrected chi connectivity index (χ3v) is 1.71. The van der Waals surface area contributed by atoms with E-state index >= 15 is 0 Å². The molecule has 0 fully saturated rings.